The van der Waals surface area contributed by atoms with E-state index in [1.807, 2.05) is 0 Å². The summed E-state index contributed by atoms with van der Waals surface area (Å²) in [6, 6.07) is 4.19. The molecule has 0 aliphatic rings. The van der Waals surface area contributed by atoms with Crippen molar-refractivity contribution < 1.29 is 19.2 Å². The molecule has 1 aromatic rings. The molecular weight excluding hydrogens is 252 g/mol. The second kappa shape index (κ2) is 6.48. The zero-order valence-corrected chi connectivity index (χ0v) is 10.6. The number of rotatable bonds is 5. The first-order chi connectivity index (χ1) is 8.93. The second-order valence-electron chi connectivity index (χ2n) is 3.77. The number of hydrogen-bond acceptors (Lipinski definition) is 5. The van der Waals surface area contributed by atoms with Crippen LogP contribution in [0.1, 0.15) is 19.4 Å². The average Bonchev–Trinajstić information content (AvgIpc) is 2.30. The highest BCUT2D eigenvalue weighted by Gasteiger charge is 2.16. The Morgan fingerprint density at radius 2 is 2.11 bits per heavy atom. The Kier molecular flexibility index (Phi) is 4.99. The summed E-state index contributed by atoms with van der Waals surface area (Å²) in [4.78, 5) is 32.5. The first-order valence-electron chi connectivity index (χ1n) is 5.64. The van der Waals surface area contributed by atoms with Crippen molar-refractivity contribution in [2.45, 2.75) is 20.3 Å². The molecule has 0 aliphatic heterocycles. The summed E-state index contributed by atoms with van der Waals surface area (Å²) in [5.74, 6) is -0.856. The molecule has 1 aromatic carbocycles. The van der Waals surface area contributed by atoms with Crippen molar-refractivity contribution in [1.82, 2.24) is 0 Å². The summed E-state index contributed by atoms with van der Waals surface area (Å²) >= 11 is 0. The van der Waals surface area contributed by atoms with Crippen molar-refractivity contribution in [1.29, 1.82) is 0 Å². The Morgan fingerprint density at radius 1 is 1.42 bits per heavy atom. The number of carbonyl (C=O) groups excluding carboxylic acids is 2. The normalized spacial score (nSPS) is 9.79. The Morgan fingerprint density at radius 3 is 2.63 bits per heavy atom. The number of nitro groups is 1. The van der Waals surface area contributed by atoms with Gasteiger partial charge >= 0.3 is 5.97 Å². The third-order valence-corrected chi connectivity index (χ3v) is 2.22. The lowest BCUT2D eigenvalue weighted by Gasteiger charge is -2.06. The monoisotopic (exact) mass is 266 g/mol. The van der Waals surface area contributed by atoms with E-state index in [-0.39, 0.29) is 24.4 Å². The quantitative estimate of drug-likeness (QED) is 0.496. The summed E-state index contributed by atoms with van der Waals surface area (Å²) in [6.07, 6.45) is -0.0466. The van der Waals surface area contributed by atoms with E-state index < -0.39 is 16.8 Å². The molecule has 7 heteroatoms. The number of ether oxygens (including phenoxy) is 1. The fraction of sp³-hybridized carbons (Fsp3) is 0.333. The Hall–Kier alpha value is -2.44. The van der Waals surface area contributed by atoms with Crippen molar-refractivity contribution in [3.8, 4) is 0 Å². The highest BCUT2D eigenvalue weighted by atomic mass is 16.6. The lowest BCUT2D eigenvalue weighted by atomic mass is 10.1. The minimum Gasteiger partial charge on any atom is -0.466 e. The zero-order chi connectivity index (χ0) is 14.4. The molecule has 1 amide bonds. The SMILES string of the molecule is CCOC(=O)Cc1ccc(NC(C)=O)c([N+](=O)[O-])c1. The highest BCUT2D eigenvalue weighted by Crippen LogP contribution is 2.25. The van der Waals surface area contributed by atoms with Crippen LogP contribution >= 0.6 is 0 Å². The maximum atomic E-state index is 11.3. The number of nitrogens with zero attached hydrogens (tertiary/aromatic N) is 1. The van der Waals surface area contributed by atoms with Crippen LogP contribution < -0.4 is 5.32 Å². The maximum Gasteiger partial charge on any atom is 0.310 e. The molecule has 0 saturated heterocycles. The lowest BCUT2D eigenvalue weighted by Crippen LogP contribution is -2.10. The summed E-state index contributed by atoms with van der Waals surface area (Å²) < 4.78 is 4.76. The van der Waals surface area contributed by atoms with Crippen LogP contribution in [0.25, 0.3) is 0 Å². The molecule has 0 atom stereocenters. The molecule has 0 fully saturated rings. The van der Waals surface area contributed by atoms with Gasteiger partial charge < -0.3 is 10.1 Å². The van der Waals surface area contributed by atoms with Gasteiger partial charge in [-0.2, -0.15) is 0 Å². The molecular formula is C12H14N2O5. The zero-order valence-electron chi connectivity index (χ0n) is 10.6. The van der Waals surface area contributed by atoms with Gasteiger partial charge in [0.25, 0.3) is 5.69 Å². The average molecular weight is 266 g/mol. The van der Waals surface area contributed by atoms with Gasteiger partial charge in [-0.1, -0.05) is 6.07 Å². The number of amides is 1. The number of nitrogens with one attached hydrogen (secondary N) is 1. The predicted molar refractivity (Wildman–Crippen MR) is 67.7 cm³/mol. The first kappa shape index (κ1) is 14.6. The maximum absolute atomic E-state index is 11.3. The molecule has 0 aliphatic carbocycles. The minimum absolute atomic E-state index is 0.0466. The largest absolute Gasteiger partial charge is 0.466 e. The van der Waals surface area contributed by atoms with Crippen LogP contribution in [0.2, 0.25) is 0 Å². The molecule has 0 spiro atoms. The van der Waals surface area contributed by atoms with Gasteiger partial charge in [0.2, 0.25) is 5.91 Å². The number of nitro benzene ring substituents is 1. The second-order valence-corrected chi connectivity index (χ2v) is 3.77. The molecule has 1 N–H and O–H groups in total. The van der Waals surface area contributed by atoms with E-state index in [4.69, 9.17) is 4.74 Å². The number of esters is 1. The van der Waals surface area contributed by atoms with Crippen LogP contribution in [0.3, 0.4) is 0 Å². The van der Waals surface area contributed by atoms with Crippen LogP contribution in [0.15, 0.2) is 18.2 Å². The fourth-order valence-electron chi connectivity index (χ4n) is 1.51. The van der Waals surface area contributed by atoms with Crippen molar-refractivity contribution in [3.63, 3.8) is 0 Å². The predicted octanol–water partition coefficient (Wildman–Crippen LogP) is 1.66. The molecule has 1 rings (SSSR count). The van der Waals surface area contributed by atoms with Gasteiger partial charge in [-0.05, 0) is 18.6 Å². The lowest BCUT2D eigenvalue weighted by molar-refractivity contribution is -0.384. The Labute approximate surface area is 109 Å². The van der Waals surface area contributed by atoms with Gasteiger partial charge in [-0.3, -0.25) is 19.7 Å². The van der Waals surface area contributed by atoms with E-state index in [1.165, 1.54) is 25.1 Å². The number of hydrogen-bond donors (Lipinski definition) is 1. The summed E-state index contributed by atoms with van der Waals surface area (Å²) in [5, 5.41) is 13.3. The smallest absolute Gasteiger partial charge is 0.310 e. The highest BCUT2D eigenvalue weighted by molar-refractivity contribution is 5.91. The van der Waals surface area contributed by atoms with Gasteiger partial charge in [0.05, 0.1) is 18.0 Å². The van der Waals surface area contributed by atoms with Crippen molar-refractivity contribution in [2.24, 2.45) is 0 Å². The van der Waals surface area contributed by atoms with E-state index in [0.717, 1.165) is 0 Å². The minimum atomic E-state index is -0.611. The molecule has 0 radical (unpaired) electrons. The Balaban J connectivity index is 2.99. The molecule has 19 heavy (non-hydrogen) atoms. The van der Waals surface area contributed by atoms with Crippen LogP contribution in [0, 0.1) is 10.1 Å². The van der Waals surface area contributed by atoms with Gasteiger partial charge in [0, 0.05) is 13.0 Å². The van der Waals surface area contributed by atoms with E-state index in [9.17, 15) is 19.7 Å². The van der Waals surface area contributed by atoms with Crippen molar-refractivity contribution in [2.75, 3.05) is 11.9 Å². The van der Waals surface area contributed by atoms with Crippen molar-refractivity contribution in [3.05, 3.63) is 33.9 Å². The van der Waals surface area contributed by atoms with Crippen LogP contribution in [-0.2, 0) is 20.7 Å². The Bertz CT molecular complexity index is 513. The molecule has 102 valence electrons. The molecule has 0 aromatic heterocycles. The molecule has 0 unspecified atom stereocenters. The van der Waals surface area contributed by atoms with E-state index in [2.05, 4.69) is 5.32 Å². The van der Waals surface area contributed by atoms with Gasteiger partial charge in [-0.15, -0.1) is 0 Å². The topological polar surface area (TPSA) is 98.5 Å². The van der Waals surface area contributed by atoms with E-state index in [1.54, 1.807) is 6.92 Å². The third kappa shape index (κ3) is 4.38. The van der Waals surface area contributed by atoms with Crippen molar-refractivity contribution >= 4 is 23.3 Å². The van der Waals surface area contributed by atoms with E-state index >= 15 is 0 Å². The summed E-state index contributed by atoms with van der Waals surface area (Å²) in [5.41, 5.74) is 0.307. The molecule has 7 nitrogen and oxygen atoms in total. The number of benzene rings is 1. The molecule has 0 heterocycles. The standard InChI is InChI=1S/C12H14N2O5/c1-3-19-12(16)7-9-4-5-10(13-8(2)15)11(6-9)14(17)18/h4-6H,3,7H2,1-2H3,(H,13,15). The van der Waals surface area contributed by atoms with Crippen LogP contribution in [0.4, 0.5) is 11.4 Å². The summed E-state index contributed by atoms with van der Waals surface area (Å²) in [6.45, 7) is 3.20. The van der Waals surface area contributed by atoms with Gasteiger partial charge in [0.15, 0.2) is 0 Å². The molecule has 0 saturated carbocycles. The van der Waals surface area contributed by atoms with Crippen LogP contribution in [-0.4, -0.2) is 23.4 Å². The third-order valence-electron chi connectivity index (χ3n) is 2.22. The number of anilines is 1. The number of carbonyl (C=O) groups is 2. The van der Waals surface area contributed by atoms with Gasteiger partial charge in [-0.25, -0.2) is 0 Å². The van der Waals surface area contributed by atoms with E-state index in [0.29, 0.717) is 5.56 Å². The summed E-state index contributed by atoms with van der Waals surface area (Å²) in [7, 11) is 0. The van der Waals surface area contributed by atoms with Crippen LogP contribution in [0.5, 0.6) is 0 Å². The molecule has 0 bridgehead atoms. The first-order valence-corrected chi connectivity index (χ1v) is 5.64. The fourth-order valence-corrected chi connectivity index (χ4v) is 1.51. The van der Waals surface area contributed by atoms with Gasteiger partial charge in [0.1, 0.15) is 5.69 Å².